The van der Waals surface area contributed by atoms with Crippen molar-refractivity contribution in [3.8, 4) is 17.2 Å². The quantitative estimate of drug-likeness (QED) is 0.717. The molecule has 3 aromatic rings. The number of aromatic hydroxyl groups is 1. The van der Waals surface area contributed by atoms with Gasteiger partial charge in [-0.1, -0.05) is 12.1 Å². The molecule has 1 N–H and O–H groups in total. The number of phenolic OH excluding ortho intramolecular Hbond substituents is 1. The summed E-state index contributed by atoms with van der Waals surface area (Å²) < 4.78 is 11.3. The van der Waals surface area contributed by atoms with Crippen LogP contribution >= 0.6 is 11.3 Å². The Morgan fingerprint density at radius 2 is 1.88 bits per heavy atom. The van der Waals surface area contributed by atoms with Crippen molar-refractivity contribution in [2.45, 2.75) is 6.42 Å². The van der Waals surface area contributed by atoms with Gasteiger partial charge in [-0.2, -0.15) is 0 Å². The number of carboxylic acid groups (broad SMARTS) is 1. The number of benzene rings is 2. The van der Waals surface area contributed by atoms with Crippen LogP contribution in [0.15, 0.2) is 36.4 Å². The van der Waals surface area contributed by atoms with Crippen LogP contribution < -0.4 is 14.6 Å². The van der Waals surface area contributed by atoms with E-state index in [-0.39, 0.29) is 23.7 Å². The monoisotopic (exact) mass is 370 g/mol. The van der Waals surface area contributed by atoms with E-state index < -0.39 is 5.97 Å². The number of carboxylic acids is 1. The van der Waals surface area contributed by atoms with Gasteiger partial charge < -0.3 is 24.5 Å². The molecule has 0 radical (unpaired) electrons. The van der Waals surface area contributed by atoms with E-state index in [9.17, 15) is 15.0 Å². The van der Waals surface area contributed by atoms with Gasteiger partial charge >= 0.3 is 0 Å². The molecule has 0 unspecified atom stereocenters. The molecule has 0 spiro atoms. The number of methoxy groups -OCH3 is 2. The topological polar surface area (TPSA) is 91.7 Å². The van der Waals surface area contributed by atoms with E-state index in [4.69, 9.17) is 9.47 Å². The summed E-state index contributed by atoms with van der Waals surface area (Å²) >= 11 is 1.41. The van der Waals surface area contributed by atoms with E-state index in [0.29, 0.717) is 16.1 Å². The molecule has 0 atom stereocenters. The van der Waals surface area contributed by atoms with Crippen LogP contribution in [-0.4, -0.2) is 30.3 Å². The molecule has 0 aliphatic heterocycles. The first kappa shape index (κ1) is 17.8. The third-order valence-corrected chi connectivity index (χ3v) is 4.86. The molecule has 0 aliphatic carbocycles. The van der Waals surface area contributed by atoms with Gasteiger partial charge in [0.2, 0.25) is 5.75 Å². The van der Waals surface area contributed by atoms with Crippen molar-refractivity contribution in [2.24, 2.45) is 0 Å². The fourth-order valence-electron chi connectivity index (χ4n) is 2.55. The van der Waals surface area contributed by atoms with Crippen molar-refractivity contribution in [1.82, 2.24) is 4.98 Å². The molecule has 0 bridgehead atoms. The van der Waals surface area contributed by atoms with Crippen LogP contribution in [0.4, 0.5) is 0 Å². The standard InChI is InChI=1S/C19H17NO5S/c1-24-14-8-11(9-15(25-2)18(14)23)7-12(10-17(21)22)19-20-13-5-3-4-6-16(13)26-19/h3-9,23H,10H2,1-2H3,(H,21,22)/p-1/b12-7+. The maximum absolute atomic E-state index is 11.2. The number of thiazole rings is 1. The average Bonchev–Trinajstić information content (AvgIpc) is 3.06. The van der Waals surface area contributed by atoms with Gasteiger partial charge in [0.25, 0.3) is 0 Å². The highest BCUT2D eigenvalue weighted by Gasteiger charge is 2.13. The predicted octanol–water partition coefficient (Wildman–Crippen LogP) is 2.70. The second-order valence-corrected chi connectivity index (χ2v) is 6.51. The van der Waals surface area contributed by atoms with E-state index in [2.05, 4.69) is 4.98 Å². The predicted molar refractivity (Wildman–Crippen MR) is 98.3 cm³/mol. The lowest BCUT2D eigenvalue weighted by molar-refractivity contribution is -0.304. The first-order chi connectivity index (χ1) is 12.5. The molecule has 0 amide bonds. The fraction of sp³-hybridized carbons (Fsp3) is 0.158. The molecule has 1 aromatic heterocycles. The summed E-state index contributed by atoms with van der Waals surface area (Å²) in [6.45, 7) is 0. The first-order valence-corrected chi connectivity index (χ1v) is 8.55. The molecule has 6 nitrogen and oxygen atoms in total. The molecule has 2 aromatic carbocycles. The maximum atomic E-state index is 11.2. The smallest absolute Gasteiger partial charge is 0.200 e. The Balaban J connectivity index is 2.11. The molecule has 1 heterocycles. The van der Waals surface area contributed by atoms with E-state index in [1.807, 2.05) is 24.3 Å². The van der Waals surface area contributed by atoms with E-state index in [1.165, 1.54) is 25.6 Å². The van der Waals surface area contributed by atoms with Crippen LogP contribution in [0, 0.1) is 0 Å². The van der Waals surface area contributed by atoms with Gasteiger partial charge in [-0.25, -0.2) is 4.98 Å². The van der Waals surface area contributed by atoms with Gasteiger partial charge in [0, 0.05) is 12.4 Å². The van der Waals surface area contributed by atoms with Gasteiger partial charge in [0.1, 0.15) is 5.01 Å². The Labute approximate surface area is 154 Å². The number of fused-ring (bicyclic) bond motifs is 1. The molecular weight excluding hydrogens is 354 g/mol. The normalized spacial score (nSPS) is 11.5. The number of carbonyl (C=O) groups is 1. The van der Waals surface area contributed by atoms with Crippen LogP contribution in [0.1, 0.15) is 17.0 Å². The van der Waals surface area contributed by atoms with Crippen molar-refractivity contribution in [3.63, 3.8) is 0 Å². The minimum Gasteiger partial charge on any atom is -0.550 e. The number of ether oxygens (including phenoxy) is 2. The van der Waals surface area contributed by atoms with E-state index in [0.717, 1.165) is 10.2 Å². The van der Waals surface area contributed by atoms with Crippen LogP contribution in [0.2, 0.25) is 0 Å². The molecule has 7 heteroatoms. The number of aliphatic carboxylic acids is 1. The van der Waals surface area contributed by atoms with Gasteiger partial charge in [0.05, 0.1) is 24.4 Å². The third kappa shape index (κ3) is 3.62. The van der Waals surface area contributed by atoms with Crippen LogP contribution in [0.25, 0.3) is 21.9 Å². The zero-order valence-electron chi connectivity index (χ0n) is 14.2. The molecule has 0 saturated carbocycles. The molecule has 0 saturated heterocycles. The minimum atomic E-state index is -1.20. The number of nitrogens with zero attached hydrogens (tertiary/aromatic N) is 1. The van der Waals surface area contributed by atoms with Crippen LogP contribution in [0.3, 0.4) is 0 Å². The SMILES string of the molecule is COc1cc(/C=C(\CC(=O)[O-])c2nc3ccccc3s2)cc(OC)c1O. The van der Waals surface area contributed by atoms with Gasteiger partial charge in [-0.05, 0) is 41.5 Å². The Morgan fingerprint density at radius 1 is 1.23 bits per heavy atom. The zero-order valence-corrected chi connectivity index (χ0v) is 15.0. The number of carbonyl (C=O) groups excluding carboxylic acids is 1. The maximum Gasteiger partial charge on any atom is 0.200 e. The minimum absolute atomic E-state index is 0.117. The van der Waals surface area contributed by atoms with Crippen LogP contribution in [-0.2, 0) is 4.79 Å². The highest BCUT2D eigenvalue weighted by atomic mass is 32.1. The molecular formula is C19H16NO5S-. The Hall–Kier alpha value is -3.06. The number of phenols is 1. The second-order valence-electron chi connectivity index (χ2n) is 5.48. The highest BCUT2D eigenvalue weighted by molar-refractivity contribution is 7.19. The lowest BCUT2D eigenvalue weighted by Crippen LogP contribution is -2.22. The van der Waals surface area contributed by atoms with E-state index in [1.54, 1.807) is 18.2 Å². The molecule has 0 fully saturated rings. The van der Waals surface area contributed by atoms with Crippen molar-refractivity contribution in [2.75, 3.05) is 14.2 Å². The second kappa shape index (κ2) is 7.45. The summed E-state index contributed by atoms with van der Waals surface area (Å²) in [5.41, 5.74) is 1.92. The highest BCUT2D eigenvalue weighted by Crippen LogP contribution is 2.38. The molecule has 0 aliphatic rings. The molecule has 134 valence electrons. The summed E-state index contributed by atoms with van der Waals surface area (Å²) in [5.74, 6) is -0.859. The third-order valence-electron chi connectivity index (χ3n) is 3.75. The summed E-state index contributed by atoms with van der Waals surface area (Å²) in [7, 11) is 2.86. The number of hydrogen-bond donors (Lipinski definition) is 1. The van der Waals surface area contributed by atoms with Crippen molar-refractivity contribution < 1.29 is 24.5 Å². The molecule has 26 heavy (non-hydrogen) atoms. The first-order valence-electron chi connectivity index (χ1n) is 7.73. The van der Waals surface area contributed by atoms with Gasteiger partial charge in [-0.3, -0.25) is 0 Å². The number of para-hydroxylation sites is 1. The van der Waals surface area contributed by atoms with Gasteiger partial charge in [-0.15, -0.1) is 11.3 Å². The Bertz CT molecular complexity index is 935. The lowest BCUT2D eigenvalue weighted by Gasteiger charge is -2.11. The number of aromatic nitrogens is 1. The van der Waals surface area contributed by atoms with Crippen molar-refractivity contribution in [1.29, 1.82) is 0 Å². The Morgan fingerprint density at radius 3 is 2.46 bits per heavy atom. The zero-order chi connectivity index (χ0) is 18.7. The summed E-state index contributed by atoms with van der Waals surface area (Å²) in [6, 6.07) is 10.8. The summed E-state index contributed by atoms with van der Waals surface area (Å²) in [6.07, 6.45) is 1.39. The largest absolute Gasteiger partial charge is 0.550 e. The Kier molecular flexibility index (Phi) is 5.09. The van der Waals surface area contributed by atoms with Crippen molar-refractivity contribution in [3.05, 3.63) is 47.0 Å². The lowest BCUT2D eigenvalue weighted by atomic mass is 10.1. The summed E-state index contributed by atoms with van der Waals surface area (Å²) in [5, 5.41) is 21.8. The number of rotatable bonds is 6. The summed E-state index contributed by atoms with van der Waals surface area (Å²) in [4.78, 5) is 15.7. The fourth-order valence-corrected chi connectivity index (χ4v) is 3.53. The molecule has 3 rings (SSSR count). The van der Waals surface area contributed by atoms with Crippen molar-refractivity contribution >= 4 is 39.2 Å². The number of hydrogen-bond acceptors (Lipinski definition) is 7. The van der Waals surface area contributed by atoms with E-state index >= 15 is 0 Å². The van der Waals surface area contributed by atoms with Gasteiger partial charge in [0.15, 0.2) is 11.5 Å². The van der Waals surface area contributed by atoms with Crippen LogP contribution in [0.5, 0.6) is 17.2 Å². The average molecular weight is 370 g/mol.